The van der Waals surface area contributed by atoms with Crippen LogP contribution in [0.4, 0.5) is 5.69 Å². The van der Waals surface area contributed by atoms with Crippen LogP contribution in [0.25, 0.3) is 10.9 Å². The molecule has 0 radical (unpaired) electrons. The summed E-state index contributed by atoms with van der Waals surface area (Å²) in [5, 5.41) is 10.5. The molecule has 29 heavy (non-hydrogen) atoms. The predicted molar refractivity (Wildman–Crippen MR) is 118 cm³/mol. The summed E-state index contributed by atoms with van der Waals surface area (Å²) in [6.45, 7) is 7.34. The number of aromatic nitrogens is 1. The topological polar surface area (TPSA) is 69.2 Å². The van der Waals surface area contributed by atoms with Crippen LogP contribution in [0, 0.1) is 17.2 Å². The van der Waals surface area contributed by atoms with Gasteiger partial charge < -0.3 is 15.5 Å². The highest BCUT2D eigenvalue weighted by Crippen LogP contribution is 2.33. The Hall–Kier alpha value is -2.84. The molecule has 0 spiro atoms. The van der Waals surface area contributed by atoms with Crippen molar-refractivity contribution in [2.45, 2.75) is 38.8 Å². The summed E-state index contributed by atoms with van der Waals surface area (Å²) in [6, 6.07) is 10.9. The number of anilines is 1. The molecule has 1 saturated heterocycles. The smallest absolute Gasteiger partial charge is 0.101 e. The fourth-order valence-corrected chi connectivity index (χ4v) is 4.71. The van der Waals surface area contributed by atoms with Gasteiger partial charge in [0, 0.05) is 49.0 Å². The number of piperidine rings is 1. The van der Waals surface area contributed by atoms with Crippen LogP contribution in [-0.2, 0) is 0 Å². The van der Waals surface area contributed by atoms with Gasteiger partial charge in [0.25, 0.3) is 0 Å². The SMILES string of the molecule is C[C@H]1C[C@@H](N2C=CC=C(C[C@H](C)N)C2)CN(c2ccc(C#N)c3ncccc23)C1. The highest BCUT2D eigenvalue weighted by atomic mass is 15.2. The summed E-state index contributed by atoms with van der Waals surface area (Å²) in [6.07, 6.45) is 10.5. The van der Waals surface area contributed by atoms with E-state index >= 15 is 0 Å². The number of fused-ring (bicyclic) bond motifs is 1. The van der Waals surface area contributed by atoms with E-state index in [1.807, 2.05) is 12.1 Å². The zero-order valence-corrected chi connectivity index (χ0v) is 17.3. The first-order valence-corrected chi connectivity index (χ1v) is 10.5. The summed E-state index contributed by atoms with van der Waals surface area (Å²) in [5.74, 6) is 0.590. The van der Waals surface area contributed by atoms with Crippen molar-refractivity contribution < 1.29 is 0 Å². The Labute approximate surface area is 173 Å². The predicted octanol–water partition coefficient (Wildman–Crippen LogP) is 3.81. The molecule has 1 aromatic heterocycles. The summed E-state index contributed by atoms with van der Waals surface area (Å²) in [4.78, 5) is 9.43. The Kier molecular flexibility index (Phi) is 5.55. The molecule has 0 amide bonds. The van der Waals surface area contributed by atoms with Gasteiger partial charge in [-0.15, -0.1) is 0 Å². The molecule has 3 heterocycles. The second kappa shape index (κ2) is 8.26. The molecule has 0 aliphatic carbocycles. The van der Waals surface area contributed by atoms with Crippen molar-refractivity contribution in [1.82, 2.24) is 9.88 Å². The zero-order chi connectivity index (χ0) is 20.4. The molecule has 1 aromatic carbocycles. The van der Waals surface area contributed by atoms with Gasteiger partial charge in [0.1, 0.15) is 6.07 Å². The van der Waals surface area contributed by atoms with Gasteiger partial charge in [-0.25, -0.2) is 0 Å². The van der Waals surface area contributed by atoms with E-state index in [1.165, 1.54) is 17.7 Å². The molecule has 5 heteroatoms. The first-order valence-electron chi connectivity index (χ1n) is 10.5. The number of pyridine rings is 1. The third-order valence-corrected chi connectivity index (χ3v) is 5.89. The van der Waals surface area contributed by atoms with E-state index in [9.17, 15) is 5.26 Å². The molecule has 5 nitrogen and oxygen atoms in total. The quantitative estimate of drug-likeness (QED) is 0.864. The number of nitriles is 1. The van der Waals surface area contributed by atoms with Crippen molar-refractivity contribution in [1.29, 1.82) is 5.26 Å². The highest BCUT2D eigenvalue weighted by Gasteiger charge is 2.30. The first kappa shape index (κ1) is 19.5. The lowest BCUT2D eigenvalue weighted by Gasteiger charge is -2.44. The van der Waals surface area contributed by atoms with E-state index in [4.69, 9.17) is 5.73 Å². The van der Waals surface area contributed by atoms with Gasteiger partial charge in [-0.2, -0.15) is 5.26 Å². The van der Waals surface area contributed by atoms with Crippen molar-refractivity contribution in [3.05, 3.63) is 60.0 Å². The maximum atomic E-state index is 9.45. The van der Waals surface area contributed by atoms with Crippen LogP contribution < -0.4 is 10.6 Å². The fourth-order valence-electron chi connectivity index (χ4n) is 4.71. The lowest BCUT2D eigenvalue weighted by Crippen LogP contribution is -2.50. The van der Waals surface area contributed by atoms with Crippen LogP contribution in [0.1, 0.15) is 32.3 Å². The van der Waals surface area contributed by atoms with Gasteiger partial charge in [-0.1, -0.05) is 13.0 Å². The van der Waals surface area contributed by atoms with E-state index in [0.717, 1.165) is 37.0 Å². The summed E-state index contributed by atoms with van der Waals surface area (Å²) in [5.41, 5.74) is 10.0. The minimum absolute atomic E-state index is 0.189. The Morgan fingerprint density at radius 2 is 2.17 bits per heavy atom. The Morgan fingerprint density at radius 3 is 2.97 bits per heavy atom. The Balaban J connectivity index is 1.59. The molecule has 150 valence electrons. The Bertz CT molecular complexity index is 984. The van der Waals surface area contributed by atoms with Gasteiger partial charge in [0.2, 0.25) is 0 Å². The average molecular weight is 388 g/mol. The molecule has 2 aromatic rings. The van der Waals surface area contributed by atoms with Crippen LogP contribution in [0.15, 0.2) is 54.4 Å². The van der Waals surface area contributed by atoms with Crippen molar-refractivity contribution in [2.24, 2.45) is 11.7 Å². The zero-order valence-electron chi connectivity index (χ0n) is 17.3. The Morgan fingerprint density at radius 1 is 1.31 bits per heavy atom. The minimum atomic E-state index is 0.189. The fraction of sp³-hybridized carbons (Fsp3) is 0.417. The molecule has 1 fully saturated rings. The molecule has 2 aliphatic rings. The van der Waals surface area contributed by atoms with Crippen LogP contribution in [0.2, 0.25) is 0 Å². The van der Waals surface area contributed by atoms with E-state index in [2.05, 4.69) is 65.2 Å². The lowest BCUT2D eigenvalue weighted by atomic mass is 9.92. The van der Waals surface area contributed by atoms with Crippen LogP contribution in [0.5, 0.6) is 0 Å². The molecule has 2 aliphatic heterocycles. The van der Waals surface area contributed by atoms with Gasteiger partial charge in [-0.3, -0.25) is 4.98 Å². The van der Waals surface area contributed by atoms with E-state index in [0.29, 0.717) is 17.5 Å². The van der Waals surface area contributed by atoms with Crippen molar-refractivity contribution >= 4 is 16.6 Å². The summed E-state index contributed by atoms with van der Waals surface area (Å²) >= 11 is 0. The van der Waals surface area contributed by atoms with Gasteiger partial charge in [0.15, 0.2) is 0 Å². The number of hydrogen-bond donors (Lipinski definition) is 1. The van der Waals surface area contributed by atoms with Crippen molar-refractivity contribution in [3.8, 4) is 6.07 Å². The van der Waals surface area contributed by atoms with E-state index in [1.54, 1.807) is 6.20 Å². The second-order valence-electron chi connectivity index (χ2n) is 8.56. The third-order valence-electron chi connectivity index (χ3n) is 5.89. The van der Waals surface area contributed by atoms with E-state index < -0.39 is 0 Å². The van der Waals surface area contributed by atoms with Gasteiger partial charge in [0.05, 0.1) is 11.1 Å². The first-order chi connectivity index (χ1) is 14.0. The summed E-state index contributed by atoms with van der Waals surface area (Å²) < 4.78 is 0. The molecule has 2 N–H and O–H groups in total. The number of allylic oxidation sites excluding steroid dienone is 2. The van der Waals surface area contributed by atoms with Crippen LogP contribution in [-0.4, -0.2) is 41.6 Å². The summed E-state index contributed by atoms with van der Waals surface area (Å²) in [7, 11) is 0. The molecule has 0 bridgehead atoms. The number of nitrogens with two attached hydrogens (primary N) is 1. The molecular weight excluding hydrogens is 358 g/mol. The second-order valence-corrected chi connectivity index (χ2v) is 8.56. The standard InChI is InChI=1S/C24H29N5/c1-17-11-21(28-10-4-5-19(15-28)12-18(2)26)16-29(14-17)23-8-7-20(13-25)24-22(23)6-3-9-27-24/h3-10,17-18,21H,11-12,14-16,26H2,1-2H3/t17-,18-,21+/m0/s1. The third kappa shape index (κ3) is 4.13. The number of hydrogen-bond acceptors (Lipinski definition) is 5. The monoisotopic (exact) mass is 387 g/mol. The van der Waals surface area contributed by atoms with Crippen LogP contribution in [0.3, 0.4) is 0 Å². The van der Waals surface area contributed by atoms with Gasteiger partial charge >= 0.3 is 0 Å². The number of rotatable bonds is 4. The molecular formula is C24H29N5. The highest BCUT2D eigenvalue weighted by molar-refractivity contribution is 5.95. The molecule has 0 saturated carbocycles. The van der Waals surface area contributed by atoms with Crippen molar-refractivity contribution in [3.63, 3.8) is 0 Å². The van der Waals surface area contributed by atoms with Crippen molar-refractivity contribution in [2.75, 3.05) is 24.5 Å². The molecule has 4 rings (SSSR count). The van der Waals surface area contributed by atoms with E-state index in [-0.39, 0.29) is 6.04 Å². The molecule has 3 atom stereocenters. The number of benzene rings is 1. The lowest BCUT2D eigenvalue weighted by molar-refractivity contribution is 0.224. The average Bonchev–Trinajstić information content (AvgIpc) is 2.72. The largest absolute Gasteiger partial charge is 0.369 e. The maximum Gasteiger partial charge on any atom is 0.101 e. The molecule has 0 unspecified atom stereocenters. The maximum absolute atomic E-state index is 9.45. The normalized spacial score (nSPS) is 23.0. The minimum Gasteiger partial charge on any atom is -0.369 e. The van der Waals surface area contributed by atoms with Gasteiger partial charge in [-0.05, 0) is 67.8 Å². The number of nitrogens with zero attached hydrogens (tertiary/aromatic N) is 4. The van der Waals surface area contributed by atoms with Crippen LogP contribution >= 0.6 is 0 Å².